The zero-order valence-corrected chi connectivity index (χ0v) is 19.9. The van der Waals surface area contributed by atoms with Crippen molar-refractivity contribution < 1.29 is 42.0 Å². The molecule has 2 N–H and O–H groups in total. The van der Waals surface area contributed by atoms with Crippen molar-refractivity contribution in [2.75, 3.05) is 27.1 Å². The zero-order chi connectivity index (χ0) is 24.2. The maximum absolute atomic E-state index is 12.8. The number of carbonyl (C=O) groups excluding carboxylic acids is 3. The SMILES string of the molecule is COC(=O)CCNC(=O)[C@@H]1O[P@](=O)(OCOC(=O)c2cc(C(C)(C)C)[nH]n2)OCC1(C)C. The molecule has 0 saturated carbocycles. The Hall–Kier alpha value is -2.27. The highest BCUT2D eigenvalue weighted by Gasteiger charge is 2.49. The van der Waals surface area contributed by atoms with E-state index >= 15 is 0 Å². The number of phosphoric ester groups is 1. The highest BCUT2D eigenvalue weighted by Crippen LogP contribution is 2.57. The van der Waals surface area contributed by atoms with Gasteiger partial charge in [0.2, 0.25) is 12.7 Å². The molecule has 0 radical (unpaired) electrons. The van der Waals surface area contributed by atoms with Crippen molar-refractivity contribution in [3.8, 4) is 0 Å². The third-order valence-corrected chi connectivity index (χ3v) is 5.96. The van der Waals surface area contributed by atoms with Crippen LogP contribution in [0.25, 0.3) is 0 Å². The fourth-order valence-corrected chi connectivity index (χ4v) is 4.11. The van der Waals surface area contributed by atoms with Crippen LogP contribution < -0.4 is 5.32 Å². The van der Waals surface area contributed by atoms with Crippen molar-refractivity contribution in [3.63, 3.8) is 0 Å². The molecule has 2 atom stereocenters. The number of methoxy groups -OCH3 is 1. The topological polar surface area (TPSA) is 155 Å². The van der Waals surface area contributed by atoms with E-state index in [1.54, 1.807) is 19.9 Å². The minimum atomic E-state index is -4.19. The average Bonchev–Trinajstić information content (AvgIpc) is 3.21. The molecule has 1 aromatic rings. The average molecular weight is 475 g/mol. The molecule has 13 heteroatoms. The van der Waals surface area contributed by atoms with Crippen molar-refractivity contribution in [1.29, 1.82) is 0 Å². The number of esters is 2. The maximum atomic E-state index is 12.8. The monoisotopic (exact) mass is 475 g/mol. The molecule has 180 valence electrons. The van der Waals surface area contributed by atoms with E-state index in [9.17, 15) is 18.9 Å². The number of H-pyrrole nitrogens is 1. The molecule has 12 nitrogen and oxygen atoms in total. The van der Waals surface area contributed by atoms with Crippen molar-refractivity contribution in [1.82, 2.24) is 15.5 Å². The predicted molar refractivity (Wildman–Crippen MR) is 111 cm³/mol. The van der Waals surface area contributed by atoms with E-state index in [4.69, 9.17) is 18.3 Å². The van der Waals surface area contributed by atoms with Crippen LogP contribution in [0.15, 0.2) is 6.07 Å². The van der Waals surface area contributed by atoms with Crippen LogP contribution in [-0.2, 0) is 42.6 Å². The molecule has 1 saturated heterocycles. The summed E-state index contributed by atoms with van der Waals surface area (Å²) < 4.78 is 37.8. The normalized spacial score (nSPS) is 22.8. The number of hydrogen-bond donors (Lipinski definition) is 2. The number of nitrogens with zero attached hydrogens (tertiary/aromatic N) is 1. The lowest BCUT2D eigenvalue weighted by molar-refractivity contribution is -0.144. The molecule has 1 aliphatic rings. The second kappa shape index (κ2) is 10.1. The molecule has 1 aliphatic heterocycles. The number of aromatic amines is 1. The lowest BCUT2D eigenvalue weighted by atomic mass is 9.87. The Bertz CT molecular complexity index is 891. The van der Waals surface area contributed by atoms with E-state index in [1.165, 1.54) is 7.11 Å². The molecular formula is C19H30N3O9P. The standard InChI is InChI=1S/C19H30N3O9P/c1-18(2,3)13-9-12(21-22-13)17(25)28-11-30-32(26)29-10-19(4,5)15(31-32)16(24)20-8-7-14(23)27-6/h9,15H,7-8,10-11H2,1-6H3,(H,20,24)(H,21,22)/t15-,32-/m0/s1. The van der Waals surface area contributed by atoms with Crippen LogP contribution in [0.4, 0.5) is 0 Å². The lowest BCUT2D eigenvalue weighted by Crippen LogP contribution is -2.50. The number of phosphoric acid groups is 1. The van der Waals surface area contributed by atoms with Crippen LogP contribution >= 0.6 is 7.82 Å². The van der Waals surface area contributed by atoms with Gasteiger partial charge in [-0.3, -0.25) is 23.7 Å². The molecule has 0 aromatic carbocycles. The molecule has 32 heavy (non-hydrogen) atoms. The molecule has 1 fully saturated rings. The molecular weight excluding hydrogens is 445 g/mol. The summed E-state index contributed by atoms with van der Waals surface area (Å²) in [5.41, 5.74) is -0.302. The fraction of sp³-hybridized carbons (Fsp3) is 0.684. The smallest absolute Gasteiger partial charge is 0.469 e. The molecule has 2 rings (SSSR count). The minimum absolute atomic E-state index is 0.0191. The van der Waals surface area contributed by atoms with Gasteiger partial charge in [-0.15, -0.1) is 0 Å². The minimum Gasteiger partial charge on any atom is -0.469 e. The number of carbonyl (C=O) groups is 3. The van der Waals surface area contributed by atoms with Crippen molar-refractivity contribution in [2.45, 2.75) is 52.6 Å². The van der Waals surface area contributed by atoms with Gasteiger partial charge in [0.25, 0.3) is 0 Å². The molecule has 0 bridgehead atoms. The number of hydrogen-bond acceptors (Lipinski definition) is 10. The number of rotatable bonds is 8. The van der Waals surface area contributed by atoms with Gasteiger partial charge in [0.1, 0.15) is 0 Å². The van der Waals surface area contributed by atoms with Gasteiger partial charge in [-0.05, 0) is 6.07 Å². The molecule has 0 aliphatic carbocycles. The molecule has 2 heterocycles. The number of ether oxygens (including phenoxy) is 2. The largest absolute Gasteiger partial charge is 0.478 e. The van der Waals surface area contributed by atoms with Crippen LogP contribution in [0.2, 0.25) is 0 Å². The van der Waals surface area contributed by atoms with E-state index in [0.29, 0.717) is 0 Å². The van der Waals surface area contributed by atoms with E-state index < -0.39 is 44.0 Å². The Labute approximate surface area is 186 Å². The maximum Gasteiger partial charge on any atom is 0.478 e. The van der Waals surface area contributed by atoms with Crippen LogP contribution in [0.1, 0.15) is 57.2 Å². The summed E-state index contributed by atoms with van der Waals surface area (Å²) in [5.74, 6) is -1.87. The van der Waals surface area contributed by atoms with Gasteiger partial charge >= 0.3 is 19.8 Å². The van der Waals surface area contributed by atoms with Crippen LogP contribution in [0.5, 0.6) is 0 Å². The fourth-order valence-electron chi connectivity index (χ4n) is 2.61. The van der Waals surface area contributed by atoms with Crippen LogP contribution in [-0.4, -0.2) is 61.2 Å². The van der Waals surface area contributed by atoms with Gasteiger partial charge in [-0.2, -0.15) is 5.10 Å². The van der Waals surface area contributed by atoms with Crippen molar-refractivity contribution in [2.24, 2.45) is 5.41 Å². The predicted octanol–water partition coefficient (Wildman–Crippen LogP) is 2.07. The summed E-state index contributed by atoms with van der Waals surface area (Å²) in [4.78, 5) is 35.8. The quantitative estimate of drug-likeness (QED) is 0.324. The molecule has 0 spiro atoms. The van der Waals surface area contributed by atoms with Gasteiger partial charge in [0, 0.05) is 23.1 Å². The van der Waals surface area contributed by atoms with Crippen molar-refractivity contribution in [3.05, 3.63) is 17.5 Å². The van der Waals surface area contributed by atoms with Gasteiger partial charge in [-0.25, -0.2) is 13.9 Å². The third-order valence-electron chi connectivity index (χ3n) is 4.63. The lowest BCUT2D eigenvalue weighted by Gasteiger charge is -2.39. The second-order valence-corrected chi connectivity index (χ2v) is 10.5. The van der Waals surface area contributed by atoms with Crippen molar-refractivity contribution >= 4 is 25.7 Å². The van der Waals surface area contributed by atoms with E-state index in [1.807, 2.05) is 20.8 Å². The highest BCUT2D eigenvalue weighted by molar-refractivity contribution is 7.48. The first-order valence-corrected chi connectivity index (χ1v) is 11.4. The number of amides is 1. The van der Waals surface area contributed by atoms with E-state index in [0.717, 1.165) is 5.69 Å². The first-order valence-electron chi connectivity index (χ1n) is 9.92. The summed E-state index contributed by atoms with van der Waals surface area (Å²) in [5, 5.41) is 9.18. The zero-order valence-electron chi connectivity index (χ0n) is 19.1. The molecule has 1 aromatic heterocycles. The summed E-state index contributed by atoms with van der Waals surface area (Å²) in [6, 6.07) is 1.55. The van der Waals surface area contributed by atoms with Gasteiger partial charge in [0.15, 0.2) is 11.8 Å². The van der Waals surface area contributed by atoms with Gasteiger partial charge < -0.3 is 14.8 Å². The molecule has 1 amide bonds. The van der Waals surface area contributed by atoms with Gasteiger partial charge in [-0.1, -0.05) is 34.6 Å². The van der Waals surface area contributed by atoms with E-state index in [-0.39, 0.29) is 30.7 Å². The summed E-state index contributed by atoms with van der Waals surface area (Å²) in [7, 11) is -2.95. The number of aromatic nitrogens is 2. The summed E-state index contributed by atoms with van der Waals surface area (Å²) in [6.07, 6.45) is -1.21. The third kappa shape index (κ3) is 6.86. The van der Waals surface area contributed by atoms with Gasteiger partial charge in [0.05, 0.1) is 20.1 Å². The van der Waals surface area contributed by atoms with Crippen LogP contribution in [0, 0.1) is 5.41 Å². The first-order chi connectivity index (χ1) is 14.8. The summed E-state index contributed by atoms with van der Waals surface area (Å²) in [6.45, 7) is 8.40. The summed E-state index contributed by atoms with van der Waals surface area (Å²) >= 11 is 0. The Morgan fingerprint density at radius 1 is 1.34 bits per heavy atom. The van der Waals surface area contributed by atoms with Crippen LogP contribution in [0.3, 0.4) is 0 Å². The highest BCUT2D eigenvalue weighted by atomic mass is 31.2. The second-order valence-electron chi connectivity index (χ2n) is 8.91. The Morgan fingerprint density at radius 2 is 2.03 bits per heavy atom. The Balaban J connectivity index is 1.91. The Morgan fingerprint density at radius 3 is 2.62 bits per heavy atom. The first kappa shape index (κ1) is 26.0. The van der Waals surface area contributed by atoms with E-state index in [2.05, 4.69) is 20.3 Å². The Kier molecular flexibility index (Phi) is 8.22. The molecule has 0 unspecified atom stereocenters. The number of nitrogens with one attached hydrogen (secondary N) is 2.